The molecule has 0 saturated heterocycles. The minimum absolute atomic E-state index is 0.000883. The second kappa shape index (κ2) is 18.3. The first-order valence-corrected chi connectivity index (χ1v) is 27.8. The predicted octanol–water partition coefficient (Wildman–Crippen LogP) is 18.7. The maximum absolute atomic E-state index is 7.46. The number of furan rings is 1. The fourth-order valence-corrected chi connectivity index (χ4v) is 11.7. The number of anilines is 9. The standard InChI is InChI=1S/C72H72BN3O2/c1-45-19-28-51(29-20-45)74(52-30-21-46(2)22-31-52)55-36-37-58-64(43-55)78-66-41-50(72(12,13)14)40-62-68(66)73(58)59-39-49(71(9,10)11)27-38-60(59)76(62)61-42-56(44-65-67(61)57-17-15-16-18-63(57)77-65)75(53-32-23-47(24-33-53)69(3,4)5)54-34-25-48(26-35-54)70(6,7)8/h15-44H,1-14H3. The van der Waals surface area contributed by atoms with Crippen LogP contribution < -0.4 is 35.8 Å². The van der Waals surface area contributed by atoms with Crippen LogP contribution in [0.2, 0.25) is 0 Å². The summed E-state index contributed by atoms with van der Waals surface area (Å²) in [5.41, 5.74) is 22.0. The summed E-state index contributed by atoms with van der Waals surface area (Å²) in [6.07, 6.45) is 0. The summed E-state index contributed by atoms with van der Waals surface area (Å²) in [6, 6.07) is 67.9. The van der Waals surface area contributed by atoms with Crippen molar-refractivity contribution in [2.45, 2.75) is 119 Å². The number of rotatable bonds is 7. The summed E-state index contributed by atoms with van der Waals surface area (Å²) in [6.45, 7) is 31.7. The van der Waals surface area contributed by atoms with Crippen molar-refractivity contribution in [3.63, 3.8) is 0 Å². The Kier molecular flexibility index (Phi) is 12.0. The van der Waals surface area contributed by atoms with E-state index in [-0.39, 0.29) is 28.4 Å². The number of aryl methyl sites for hydroxylation is 2. The highest BCUT2D eigenvalue weighted by atomic mass is 16.5. The van der Waals surface area contributed by atoms with Crippen LogP contribution in [0.25, 0.3) is 21.9 Å². The van der Waals surface area contributed by atoms with E-state index < -0.39 is 0 Å². The van der Waals surface area contributed by atoms with Gasteiger partial charge in [0, 0.05) is 57.3 Å². The van der Waals surface area contributed by atoms with E-state index in [0.717, 1.165) is 95.5 Å². The van der Waals surface area contributed by atoms with Gasteiger partial charge in [-0.1, -0.05) is 179 Å². The molecule has 0 atom stereocenters. The molecule has 1 aromatic heterocycles. The Balaban J connectivity index is 1.13. The Labute approximate surface area is 463 Å². The van der Waals surface area contributed by atoms with E-state index in [1.165, 1.54) is 38.8 Å². The van der Waals surface area contributed by atoms with Crippen molar-refractivity contribution >= 4 is 96.2 Å². The highest BCUT2D eigenvalue weighted by Gasteiger charge is 2.44. The van der Waals surface area contributed by atoms with E-state index in [4.69, 9.17) is 9.15 Å². The number of ether oxygens (including phenoxy) is 1. The molecule has 0 aliphatic carbocycles. The van der Waals surface area contributed by atoms with Gasteiger partial charge in [-0.25, -0.2) is 0 Å². The minimum atomic E-state index is -0.211. The van der Waals surface area contributed by atoms with Gasteiger partial charge in [-0.05, 0) is 159 Å². The molecule has 12 rings (SSSR count). The SMILES string of the molecule is Cc1ccc(N(c2ccc(C)cc2)c2ccc3c(c2)Oc2cc(C(C)(C)C)cc4c2B3c2cc(C(C)(C)C)ccc2N4c2cc(N(c3ccc(C(C)(C)C)cc3)c3ccc(C(C)(C)C)cc3)cc3oc4ccccc4c23)cc1. The summed E-state index contributed by atoms with van der Waals surface area (Å²) in [4.78, 5) is 7.29. The first kappa shape index (κ1) is 50.8. The molecule has 6 heteroatoms. The Morgan fingerprint density at radius 3 is 1.42 bits per heavy atom. The molecule has 2 aliphatic heterocycles. The number of fused-ring (bicyclic) bond motifs is 7. The van der Waals surface area contributed by atoms with Gasteiger partial charge < -0.3 is 23.9 Å². The van der Waals surface area contributed by atoms with Crippen LogP contribution in [0.4, 0.5) is 51.2 Å². The second-order valence-corrected chi connectivity index (χ2v) is 26.1. The Morgan fingerprint density at radius 1 is 0.372 bits per heavy atom. The number of para-hydroxylation sites is 1. The number of nitrogens with zero attached hydrogens (tertiary/aromatic N) is 3. The van der Waals surface area contributed by atoms with Gasteiger partial charge in [-0.2, -0.15) is 0 Å². The lowest BCUT2D eigenvalue weighted by atomic mass is 9.34. The number of hydrogen-bond acceptors (Lipinski definition) is 5. The smallest absolute Gasteiger partial charge is 0.256 e. The van der Waals surface area contributed by atoms with E-state index in [2.05, 4.69) is 294 Å². The van der Waals surface area contributed by atoms with Crippen LogP contribution in [0.3, 0.4) is 0 Å². The summed E-state index contributed by atoms with van der Waals surface area (Å²) in [7, 11) is 0. The van der Waals surface area contributed by atoms with Gasteiger partial charge in [0.1, 0.15) is 22.7 Å². The quantitative estimate of drug-likeness (QED) is 0.149. The maximum atomic E-state index is 7.46. The first-order chi connectivity index (χ1) is 37.0. The lowest BCUT2D eigenvalue weighted by molar-refractivity contribution is 0.483. The van der Waals surface area contributed by atoms with Crippen molar-refractivity contribution in [2.75, 3.05) is 14.7 Å². The average molecular weight is 1020 g/mol. The Hall–Kier alpha value is -7.96. The van der Waals surface area contributed by atoms with Crippen molar-refractivity contribution in [1.82, 2.24) is 0 Å². The third-order valence-corrected chi connectivity index (χ3v) is 16.3. The summed E-state index contributed by atoms with van der Waals surface area (Å²) < 4.78 is 14.5. The maximum Gasteiger partial charge on any atom is 0.256 e. The summed E-state index contributed by atoms with van der Waals surface area (Å²) >= 11 is 0. The van der Waals surface area contributed by atoms with Gasteiger partial charge in [-0.15, -0.1) is 0 Å². The largest absolute Gasteiger partial charge is 0.458 e. The molecule has 3 heterocycles. The molecule has 0 N–H and O–H groups in total. The fraction of sp³-hybridized carbons (Fsp3) is 0.250. The van der Waals surface area contributed by atoms with Gasteiger partial charge in [0.2, 0.25) is 0 Å². The van der Waals surface area contributed by atoms with Crippen LogP contribution in [0.1, 0.15) is 116 Å². The summed E-state index contributed by atoms with van der Waals surface area (Å²) in [5.74, 6) is 1.74. The van der Waals surface area contributed by atoms with Crippen LogP contribution in [0, 0.1) is 13.8 Å². The first-order valence-electron chi connectivity index (χ1n) is 27.8. The summed E-state index contributed by atoms with van der Waals surface area (Å²) in [5, 5.41) is 2.13. The molecule has 0 spiro atoms. The van der Waals surface area contributed by atoms with Gasteiger partial charge >= 0.3 is 0 Å². The van der Waals surface area contributed by atoms with Gasteiger partial charge in [0.15, 0.2) is 0 Å². The molecule has 0 radical (unpaired) electrons. The zero-order valence-corrected chi connectivity index (χ0v) is 48.1. The van der Waals surface area contributed by atoms with E-state index >= 15 is 0 Å². The van der Waals surface area contributed by atoms with Gasteiger partial charge in [-0.3, -0.25) is 0 Å². The third kappa shape index (κ3) is 8.93. The van der Waals surface area contributed by atoms with Crippen LogP contribution in [0.15, 0.2) is 186 Å². The van der Waals surface area contributed by atoms with E-state index in [0.29, 0.717) is 0 Å². The van der Waals surface area contributed by atoms with Crippen molar-refractivity contribution in [3.8, 4) is 11.5 Å². The second-order valence-electron chi connectivity index (χ2n) is 26.1. The van der Waals surface area contributed by atoms with E-state index in [9.17, 15) is 0 Å². The lowest BCUT2D eigenvalue weighted by Gasteiger charge is -2.42. The molecular formula is C72H72BN3O2. The van der Waals surface area contributed by atoms with Crippen molar-refractivity contribution in [1.29, 1.82) is 0 Å². The molecule has 78 heavy (non-hydrogen) atoms. The molecule has 5 nitrogen and oxygen atoms in total. The van der Waals surface area contributed by atoms with Crippen LogP contribution in [0.5, 0.6) is 11.5 Å². The Morgan fingerprint density at radius 2 is 0.872 bits per heavy atom. The highest BCUT2D eigenvalue weighted by molar-refractivity contribution is 6.99. The van der Waals surface area contributed by atoms with Crippen molar-refractivity contribution < 1.29 is 9.15 Å². The molecule has 0 bridgehead atoms. The van der Waals surface area contributed by atoms with Crippen molar-refractivity contribution in [3.05, 3.63) is 215 Å². The molecule has 0 fully saturated rings. The van der Waals surface area contributed by atoms with Gasteiger partial charge in [0.25, 0.3) is 6.71 Å². The third-order valence-electron chi connectivity index (χ3n) is 16.3. The number of benzene rings is 9. The topological polar surface area (TPSA) is 32.1 Å². The molecule has 0 unspecified atom stereocenters. The molecule has 9 aromatic carbocycles. The van der Waals surface area contributed by atoms with Gasteiger partial charge in [0.05, 0.1) is 16.8 Å². The fourth-order valence-electron chi connectivity index (χ4n) is 11.7. The van der Waals surface area contributed by atoms with Crippen LogP contribution >= 0.6 is 0 Å². The zero-order chi connectivity index (χ0) is 54.8. The lowest BCUT2D eigenvalue weighted by Crippen LogP contribution is -2.59. The normalized spacial score (nSPS) is 13.3. The monoisotopic (exact) mass is 1020 g/mol. The molecule has 2 aliphatic rings. The highest BCUT2D eigenvalue weighted by Crippen LogP contribution is 2.51. The predicted molar refractivity (Wildman–Crippen MR) is 333 cm³/mol. The van der Waals surface area contributed by atoms with Crippen LogP contribution in [-0.4, -0.2) is 6.71 Å². The molecule has 10 aromatic rings. The average Bonchev–Trinajstić information content (AvgIpc) is 3.49. The van der Waals surface area contributed by atoms with Crippen molar-refractivity contribution in [2.24, 2.45) is 0 Å². The van der Waals surface area contributed by atoms with E-state index in [1.54, 1.807) is 0 Å². The number of hydrogen-bond donors (Lipinski definition) is 0. The van der Waals surface area contributed by atoms with Crippen LogP contribution in [-0.2, 0) is 21.7 Å². The Bertz CT molecular complexity index is 3830. The van der Waals surface area contributed by atoms with E-state index in [1.807, 2.05) is 0 Å². The molecular weight excluding hydrogens is 950 g/mol. The molecule has 0 amide bonds. The zero-order valence-electron chi connectivity index (χ0n) is 48.1. The minimum Gasteiger partial charge on any atom is -0.458 e. The molecule has 0 saturated carbocycles. The molecule has 390 valence electrons.